The van der Waals surface area contributed by atoms with Gasteiger partial charge in [-0.25, -0.2) is 0 Å². The number of nitrogens with one attached hydrogen (secondary N) is 1. The van der Waals surface area contributed by atoms with Gasteiger partial charge < -0.3 is 5.32 Å². The average molecular weight is 274 g/mol. The van der Waals surface area contributed by atoms with Gasteiger partial charge in [0.15, 0.2) is 0 Å². The molecule has 1 N–H and O–H groups in total. The fourth-order valence-electron chi connectivity index (χ4n) is 3.33. The van der Waals surface area contributed by atoms with Crippen LogP contribution in [0.3, 0.4) is 0 Å². The molecule has 1 aliphatic carbocycles. The summed E-state index contributed by atoms with van der Waals surface area (Å²) < 4.78 is 0. The van der Waals surface area contributed by atoms with Crippen LogP contribution in [0.15, 0.2) is 35.6 Å². The van der Waals surface area contributed by atoms with Gasteiger partial charge in [0.25, 0.3) is 0 Å². The van der Waals surface area contributed by atoms with Gasteiger partial charge in [-0.05, 0) is 43.8 Å². The first-order valence-corrected chi connectivity index (χ1v) is 8.14. The number of hydrogen-bond acceptors (Lipinski definition) is 2. The highest BCUT2D eigenvalue weighted by Gasteiger charge is 2.17. The van der Waals surface area contributed by atoms with E-state index in [1.807, 2.05) is 0 Å². The summed E-state index contributed by atoms with van der Waals surface area (Å²) in [6.45, 7) is 12.9. The first kappa shape index (κ1) is 15.4. The molecule has 0 radical (unpaired) electrons. The molecule has 0 aromatic carbocycles. The Labute approximate surface area is 124 Å². The number of hydrogen-bond donors (Lipinski definition) is 1. The van der Waals surface area contributed by atoms with E-state index in [-0.39, 0.29) is 0 Å². The van der Waals surface area contributed by atoms with Crippen molar-refractivity contribution in [3.63, 3.8) is 0 Å². The SMILES string of the molecule is C=C(C)C1=CNCCN(CC2CCCCC2)CC(C)=C1. The third-order valence-electron chi connectivity index (χ3n) is 4.44. The molecule has 20 heavy (non-hydrogen) atoms. The van der Waals surface area contributed by atoms with E-state index in [9.17, 15) is 0 Å². The largest absolute Gasteiger partial charge is 0.389 e. The van der Waals surface area contributed by atoms with Crippen LogP contribution < -0.4 is 5.32 Å². The van der Waals surface area contributed by atoms with Gasteiger partial charge in [-0.15, -0.1) is 0 Å². The minimum atomic E-state index is 0.922. The van der Waals surface area contributed by atoms with Crippen molar-refractivity contribution in [3.8, 4) is 0 Å². The van der Waals surface area contributed by atoms with Crippen molar-refractivity contribution in [2.75, 3.05) is 26.2 Å². The molecule has 0 spiro atoms. The second-order valence-corrected chi connectivity index (χ2v) is 6.56. The van der Waals surface area contributed by atoms with Gasteiger partial charge in [-0.1, -0.05) is 37.5 Å². The molecule has 1 heterocycles. The van der Waals surface area contributed by atoms with Gasteiger partial charge in [0.1, 0.15) is 0 Å². The molecule has 1 saturated carbocycles. The Bertz CT molecular complexity index is 386. The maximum Gasteiger partial charge on any atom is 0.0269 e. The minimum Gasteiger partial charge on any atom is -0.389 e. The Morgan fingerprint density at radius 3 is 2.80 bits per heavy atom. The molecular weight excluding hydrogens is 244 g/mol. The summed E-state index contributed by atoms with van der Waals surface area (Å²) in [5, 5.41) is 3.44. The predicted molar refractivity (Wildman–Crippen MR) is 87.7 cm³/mol. The molecule has 0 unspecified atom stereocenters. The zero-order valence-electron chi connectivity index (χ0n) is 13.3. The summed E-state index contributed by atoms with van der Waals surface area (Å²) in [5.74, 6) is 0.922. The third-order valence-corrected chi connectivity index (χ3v) is 4.44. The van der Waals surface area contributed by atoms with E-state index >= 15 is 0 Å². The molecule has 0 aromatic rings. The van der Waals surface area contributed by atoms with Crippen molar-refractivity contribution in [2.24, 2.45) is 5.92 Å². The molecule has 1 aliphatic heterocycles. The molecular formula is C18H30N2. The molecule has 0 bridgehead atoms. The number of rotatable bonds is 3. The Morgan fingerprint density at radius 1 is 1.35 bits per heavy atom. The van der Waals surface area contributed by atoms with Crippen molar-refractivity contribution in [3.05, 3.63) is 35.6 Å². The van der Waals surface area contributed by atoms with Crippen molar-refractivity contribution in [2.45, 2.75) is 46.0 Å². The van der Waals surface area contributed by atoms with Gasteiger partial charge in [0.2, 0.25) is 0 Å². The second kappa shape index (κ2) is 7.68. The van der Waals surface area contributed by atoms with E-state index < -0.39 is 0 Å². The quantitative estimate of drug-likeness (QED) is 0.840. The predicted octanol–water partition coefficient (Wildman–Crippen LogP) is 3.88. The number of allylic oxidation sites excluding steroid dienone is 3. The van der Waals surface area contributed by atoms with Crippen molar-refractivity contribution < 1.29 is 0 Å². The van der Waals surface area contributed by atoms with Gasteiger partial charge in [0, 0.05) is 32.4 Å². The first-order chi connectivity index (χ1) is 9.65. The van der Waals surface area contributed by atoms with E-state index in [4.69, 9.17) is 0 Å². The van der Waals surface area contributed by atoms with E-state index in [2.05, 4.69) is 42.9 Å². The van der Waals surface area contributed by atoms with Gasteiger partial charge in [0.05, 0.1) is 0 Å². The lowest BCUT2D eigenvalue weighted by Crippen LogP contribution is -2.36. The Morgan fingerprint density at radius 2 is 2.10 bits per heavy atom. The summed E-state index contributed by atoms with van der Waals surface area (Å²) in [7, 11) is 0. The van der Waals surface area contributed by atoms with Crippen molar-refractivity contribution in [1.82, 2.24) is 10.2 Å². The second-order valence-electron chi connectivity index (χ2n) is 6.56. The molecule has 112 valence electrons. The van der Waals surface area contributed by atoms with Crippen LogP contribution in [0.4, 0.5) is 0 Å². The van der Waals surface area contributed by atoms with E-state index in [1.54, 1.807) is 0 Å². The average Bonchev–Trinajstić information content (AvgIpc) is 2.50. The Kier molecular flexibility index (Phi) is 5.90. The minimum absolute atomic E-state index is 0.922. The van der Waals surface area contributed by atoms with Crippen LogP contribution in [0.1, 0.15) is 46.0 Å². The first-order valence-electron chi connectivity index (χ1n) is 8.14. The lowest BCUT2D eigenvalue weighted by atomic mass is 9.89. The molecule has 1 fully saturated rings. The van der Waals surface area contributed by atoms with Gasteiger partial charge in [-0.2, -0.15) is 0 Å². The molecule has 0 amide bonds. The molecule has 2 nitrogen and oxygen atoms in total. The fraction of sp³-hybridized carbons (Fsp3) is 0.667. The topological polar surface area (TPSA) is 15.3 Å². The van der Waals surface area contributed by atoms with Crippen LogP contribution in [0.25, 0.3) is 0 Å². The van der Waals surface area contributed by atoms with Crippen LogP contribution in [-0.2, 0) is 0 Å². The fourth-order valence-corrected chi connectivity index (χ4v) is 3.33. The lowest BCUT2D eigenvalue weighted by Gasteiger charge is -2.29. The highest BCUT2D eigenvalue weighted by Crippen LogP contribution is 2.24. The molecule has 0 aromatic heterocycles. The zero-order valence-corrected chi connectivity index (χ0v) is 13.3. The molecule has 2 rings (SSSR count). The van der Waals surface area contributed by atoms with Gasteiger partial charge >= 0.3 is 0 Å². The smallest absolute Gasteiger partial charge is 0.0269 e. The Hall–Kier alpha value is -1.02. The van der Waals surface area contributed by atoms with Crippen molar-refractivity contribution >= 4 is 0 Å². The summed E-state index contributed by atoms with van der Waals surface area (Å²) in [5.41, 5.74) is 3.82. The number of nitrogens with zero attached hydrogens (tertiary/aromatic N) is 1. The molecule has 2 heteroatoms. The molecule has 2 aliphatic rings. The third kappa shape index (κ3) is 4.82. The summed E-state index contributed by atoms with van der Waals surface area (Å²) >= 11 is 0. The maximum atomic E-state index is 4.06. The Balaban J connectivity index is 1.95. The summed E-state index contributed by atoms with van der Waals surface area (Å²) in [6.07, 6.45) is 11.6. The molecule has 0 atom stereocenters. The van der Waals surface area contributed by atoms with Gasteiger partial charge in [-0.3, -0.25) is 4.90 Å². The zero-order chi connectivity index (χ0) is 14.4. The summed E-state index contributed by atoms with van der Waals surface area (Å²) in [4.78, 5) is 2.63. The van der Waals surface area contributed by atoms with E-state index in [0.29, 0.717) is 0 Å². The lowest BCUT2D eigenvalue weighted by molar-refractivity contribution is 0.215. The normalized spacial score (nSPS) is 22.9. The monoisotopic (exact) mass is 274 g/mol. The van der Waals surface area contributed by atoms with E-state index in [0.717, 1.165) is 31.1 Å². The maximum absolute atomic E-state index is 4.06. The van der Waals surface area contributed by atoms with Crippen LogP contribution in [-0.4, -0.2) is 31.1 Å². The van der Waals surface area contributed by atoms with Crippen molar-refractivity contribution in [1.29, 1.82) is 0 Å². The highest BCUT2D eigenvalue weighted by atomic mass is 15.1. The van der Waals surface area contributed by atoms with E-state index in [1.165, 1.54) is 49.8 Å². The van der Waals surface area contributed by atoms with Crippen LogP contribution in [0.5, 0.6) is 0 Å². The summed E-state index contributed by atoms with van der Waals surface area (Å²) in [6, 6.07) is 0. The molecule has 0 saturated heterocycles. The van der Waals surface area contributed by atoms with Crippen LogP contribution in [0, 0.1) is 5.92 Å². The standard InChI is InChI=1S/C18H30N2/c1-15(2)18-11-16(3)13-20(10-9-19-12-18)14-17-7-5-4-6-8-17/h11-12,17,19H,1,4-10,13-14H2,2-3H3. The highest BCUT2D eigenvalue weighted by molar-refractivity contribution is 5.38. The van der Waals surface area contributed by atoms with Crippen LogP contribution >= 0.6 is 0 Å². The van der Waals surface area contributed by atoms with Crippen LogP contribution in [0.2, 0.25) is 0 Å².